The van der Waals surface area contributed by atoms with Crippen LogP contribution in [-0.2, 0) is 28.6 Å². The van der Waals surface area contributed by atoms with Crippen molar-refractivity contribution in [2.24, 2.45) is 0 Å². The third-order valence-electron chi connectivity index (χ3n) is 13.2. The zero-order chi connectivity index (χ0) is 47.9. The molecule has 66 heavy (non-hydrogen) atoms. The molecule has 0 radical (unpaired) electrons. The van der Waals surface area contributed by atoms with Gasteiger partial charge in [0.1, 0.15) is 13.2 Å². The van der Waals surface area contributed by atoms with E-state index in [-0.39, 0.29) is 31.1 Å². The first kappa shape index (κ1) is 63.9. The molecule has 1 unspecified atom stereocenters. The first-order valence-electron chi connectivity index (χ1n) is 29.3. The molecular weight excluding hydrogens is 817 g/mol. The highest BCUT2D eigenvalue weighted by Crippen LogP contribution is 2.17. The number of hydrogen-bond donors (Lipinski definition) is 0. The van der Waals surface area contributed by atoms with Gasteiger partial charge in [-0.1, -0.05) is 276 Å². The van der Waals surface area contributed by atoms with Crippen molar-refractivity contribution in [3.63, 3.8) is 0 Å². The summed E-state index contributed by atoms with van der Waals surface area (Å²) in [5.41, 5.74) is 0. The largest absolute Gasteiger partial charge is 0.462 e. The minimum absolute atomic E-state index is 0.0655. The van der Waals surface area contributed by atoms with E-state index in [9.17, 15) is 14.4 Å². The summed E-state index contributed by atoms with van der Waals surface area (Å²) in [5, 5.41) is 0. The second-order valence-corrected chi connectivity index (χ2v) is 19.9. The lowest BCUT2D eigenvalue weighted by atomic mass is 10.0. The monoisotopic (exact) mass is 929 g/mol. The van der Waals surface area contributed by atoms with Crippen molar-refractivity contribution in [2.75, 3.05) is 13.2 Å². The van der Waals surface area contributed by atoms with Crippen molar-refractivity contribution in [1.29, 1.82) is 0 Å². The lowest BCUT2D eigenvalue weighted by Gasteiger charge is -2.18. The van der Waals surface area contributed by atoms with E-state index in [0.717, 1.165) is 64.2 Å². The Bertz CT molecular complexity index is 1070. The second kappa shape index (κ2) is 55.5. The summed E-state index contributed by atoms with van der Waals surface area (Å²) in [7, 11) is 0. The zero-order valence-corrected chi connectivity index (χ0v) is 44.5. The third kappa shape index (κ3) is 52.9. The predicted octanol–water partition coefficient (Wildman–Crippen LogP) is 19.5. The van der Waals surface area contributed by atoms with Crippen LogP contribution < -0.4 is 0 Å². The summed E-state index contributed by atoms with van der Waals surface area (Å²) in [6.07, 6.45) is 64.6. The lowest BCUT2D eigenvalue weighted by molar-refractivity contribution is -0.167. The molecule has 0 saturated carbocycles. The Kier molecular flexibility index (Phi) is 53.7. The van der Waals surface area contributed by atoms with E-state index in [1.807, 2.05) is 0 Å². The average Bonchev–Trinajstić information content (AvgIpc) is 3.31. The molecule has 0 amide bonds. The molecule has 388 valence electrons. The van der Waals surface area contributed by atoms with Crippen LogP contribution in [0, 0.1) is 0 Å². The number of ether oxygens (including phenoxy) is 3. The minimum atomic E-state index is -0.764. The minimum Gasteiger partial charge on any atom is -0.462 e. The van der Waals surface area contributed by atoms with Gasteiger partial charge in [0.25, 0.3) is 0 Å². The van der Waals surface area contributed by atoms with Crippen LogP contribution in [0.3, 0.4) is 0 Å². The normalized spacial score (nSPS) is 12.1. The molecule has 0 aromatic rings. The Labute approximate surface area is 411 Å². The van der Waals surface area contributed by atoms with Gasteiger partial charge < -0.3 is 14.2 Å². The fourth-order valence-electron chi connectivity index (χ4n) is 8.77. The summed E-state index contributed by atoms with van der Waals surface area (Å²) in [6, 6.07) is 0. The zero-order valence-electron chi connectivity index (χ0n) is 44.5. The van der Waals surface area contributed by atoms with Crippen molar-refractivity contribution < 1.29 is 28.6 Å². The van der Waals surface area contributed by atoms with Crippen LogP contribution in [0.1, 0.15) is 323 Å². The fraction of sp³-hybridized carbons (Fsp3) is 0.883. The topological polar surface area (TPSA) is 78.9 Å². The SMILES string of the molecule is CCCCCCC/C=C\C/C=C\CCCCCCCCCCCCCCCC(=O)OCC(COC(=O)CCCCCCCCCCCCC)OC(=O)CCCCCCCCCCCCCC. The smallest absolute Gasteiger partial charge is 0.306 e. The van der Waals surface area contributed by atoms with Gasteiger partial charge in [-0.05, 0) is 51.4 Å². The van der Waals surface area contributed by atoms with Gasteiger partial charge in [0, 0.05) is 19.3 Å². The molecule has 0 aliphatic rings. The molecule has 0 aliphatic heterocycles. The van der Waals surface area contributed by atoms with Crippen molar-refractivity contribution >= 4 is 17.9 Å². The van der Waals surface area contributed by atoms with Gasteiger partial charge in [0.15, 0.2) is 6.10 Å². The summed E-state index contributed by atoms with van der Waals surface area (Å²) < 4.78 is 16.8. The van der Waals surface area contributed by atoms with Gasteiger partial charge in [-0.25, -0.2) is 0 Å². The summed E-state index contributed by atoms with van der Waals surface area (Å²) >= 11 is 0. The molecule has 6 heteroatoms. The van der Waals surface area contributed by atoms with Gasteiger partial charge in [0.05, 0.1) is 0 Å². The Hall–Kier alpha value is -2.11. The van der Waals surface area contributed by atoms with Gasteiger partial charge in [-0.15, -0.1) is 0 Å². The molecule has 0 aromatic heterocycles. The quantitative estimate of drug-likeness (QED) is 0.0262. The maximum absolute atomic E-state index is 12.8. The molecule has 0 heterocycles. The van der Waals surface area contributed by atoms with Crippen molar-refractivity contribution in [2.45, 2.75) is 329 Å². The summed E-state index contributed by atoms with van der Waals surface area (Å²) in [5.74, 6) is -0.848. The number of unbranched alkanes of at least 4 members (excludes halogenated alkanes) is 39. The van der Waals surface area contributed by atoms with E-state index < -0.39 is 6.10 Å². The number of carbonyl (C=O) groups excluding carboxylic acids is 3. The standard InChI is InChI=1S/C60H112O6/c1-4-7-10-13-16-19-22-24-25-26-27-28-29-30-31-32-33-34-35-36-39-41-44-47-50-53-59(62)65-56-57(55-64-58(61)52-49-46-43-40-37-21-18-15-12-9-6-3)66-60(63)54-51-48-45-42-38-23-20-17-14-11-8-5-2/h22,24,26-27,57H,4-21,23,25,28-56H2,1-3H3/b24-22-,27-26-. The van der Waals surface area contributed by atoms with Gasteiger partial charge in [0.2, 0.25) is 0 Å². The molecule has 0 N–H and O–H groups in total. The van der Waals surface area contributed by atoms with Crippen molar-refractivity contribution in [3.8, 4) is 0 Å². The first-order chi connectivity index (χ1) is 32.5. The molecule has 0 aromatic carbocycles. The van der Waals surface area contributed by atoms with Gasteiger partial charge in [-0.3, -0.25) is 14.4 Å². The van der Waals surface area contributed by atoms with Crippen LogP contribution in [0.15, 0.2) is 24.3 Å². The summed E-state index contributed by atoms with van der Waals surface area (Å²) in [6.45, 7) is 6.66. The highest BCUT2D eigenvalue weighted by molar-refractivity contribution is 5.71. The number of allylic oxidation sites excluding steroid dienone is 4. The highest BCUT2D eigenvalue weighted by atomic mass is 16.6. The van der Waals surface area contributed by atoms with Crippen molar-refractivity contribution in [3.05, 3.63) is 24.3 Å². The van der Waals surface area contributed by atoms with Crippen LogP contribution in [0.25, 0.3) is 0 Å². The van der Waals surface area contributed by atoms with Gasteiger partial charge >= 0.3 is 17.9 Å². The molecule has 0 rings (SSSR count). The average molecular weight is 930 g/mol. The third-order valence-corrected chi connectivity index (χ3v) is 13.2. The highest BCUT2D eigenvalue weighted by Gasteiger charge is 2.19. The molecular formula is C60H112O6. The van der Waals surface area contributed by atoms with E-state index in [1.165, 1.54) is 218 Å². The maximum Gasteiger partial charge on any atom is 0.306 e. The van der Waals surface area contributed by atoms with Gasteiger partial charge in [-0.2, -0.15) is 0 Å². The van der Waals surface area contributed by atoms with Crippen LogP contribution in [0.2, 0.25) is 0 Å². The number of rotatable bonds is 54. The molecule has 0 saturated heterocycles. The van der Waals surface area contributed by atoms with Crippen LogP contribution in [0.4, 0.5) is 0 Å². The van der Waals surface area contributed by atoms with E-state index in [0.29, 0.717) is 19.3 Å². The Balaban J connectivity index is 4.16. The molecule has 0 aliphatic carbocycles. The van der Waals surface area contributed by atoms with Crippen LogP contribution >= 0.6 is 0 Å². The maximum atomic E-state index is 12.8. The van der Waals surface area contributed by atoms with Crippen LogP contribution in [-0.4, -0.2) is 37.2 Å². The Morgan fingerprint density at radius 3 is 0.833 bits per heavy atom. The van der Waals surface area contributed by atoms with E-state index >= 15 is 0 Å². The molecule has 0 bridgehead atoms. The van der Waals surface area contributed by atoms with E-state index in [4.69, 9.17) is 14.2 Å². The number of esters is 3. The molecule has 1 atom stereocenters. The molecule has 6 nitrogen and oxygen atoms in total. The fourth-order valence-corrected chi connectivity index (χ4v) is 8.77. The van der Waals surface area contributed by atoms with Crippen molar-refractivity contribution in [1.82, 2.24) is 0 Å². The molecule has 0 fully saturated rings. The Morgan fingerprint density at radius 2 is 0.545 bits per heavy atom. The van der Waals surface area contributed by atoms with Crippen LogP contribution in [0.5, 0.6) is 0 Å². The van der Waals surface area contributed by atoms with E-state index in [1.54, 1.807) is 0 Å². The number of hydrogen-bond acceptors (Lipinski definition) is 6. The predicted molar refractivity (Wildman–Crippen MR) is 284 cm³/mol. The molecule has 0 spiro atoms. The first-order valence-corrected chi connectivity index (χ1v) is 29.3. The Morgan fingerprint density at radius 1 is 0.303 bits per heavy atom. The number of carbonyl (C=O) groups is 3. The summed E-state index contributed by atoms with van der Waals surface area (Å²) in [4.78, 5) is 38.0. The van der Waals surface area contributed by atoms with E-state index in [2.05, 4.69) is 45.1 Å². The lowest BCUT2D eigenvalue weighted by Crippen LogP contribution is -2.30. The second-order valence-electron chi connectivity index (χ2n) is 19.9.